The molecule has 0 bridgehead atoms. The normalized spacial score (nSPS) is 10.7. The van der Waals surface area contributed by atoms with Gasteiger partial charge in [-0.15, -0.1) is 11.3 Å². The lowest BCUT2D eigenvalue weighted by Crippen LogP contribution is -1.98. The highest BCUT2D eigenvalue weighted by molar-refractivity contribution is 7.13. The molecule has 5 rings (SSSR count). The van der Waals surface area contributed by atoms with Crippen molar-refractivity contribution in [2.45, 2.75) is 0 Å². The van der Waals surface area contributed by atoms with Crippen LogP contribution in [0.2, 0.25) is 0 Å². The molecule has 0 aliphatic heterocycles. The summed E-state index contributed by atoms with van der Waals surface area (Å²) < 4.78 is 0. The van der Waals surface area contributed by atoms with Crippen molar-refractivity contribution in [3.05, 3.63) is 90.2 Å². The number of benzene rings is 2. The van der Waals surface area contributed by atoms with Gasteiger partial charge in [-0.25, -0.2) is 0 Å². The first-order chi connectivity index (χ1) is 14.3. The van der Waals surface area contributed by atoms with Crippen LogP contribution >= 0.6 is 11.3 Å². The summed E-state index contributed by atoms with van der Waals surface area (Å²) in [7, 11) is 0. The Morgan fingerprint density at radius 1 is 0.966 bits per heavy atom. The third-order valence-electron chi connectivity index (χ3n) is 4.87. The summed E-state index contributed by atoms with van der Waals surface area (Å²) in [5.74, 6) is 0. The van der Waals surface area contributed by atoms with Crippen LogP contribution in [0.5, 0.6) is 0 Å². The molecule has 3 heterocycles. The Labute approximate surface area is 172 Å². The van der Waals surface area contributed by atoms with E-state index in [1.807, 2.05) is 36.7 Å². The second-order valence-corrected chi connectivity index (χ2v) is 7.63. The maximum Gasteiger partial charge on any atom is 0.103 e. The first-order valence-corrected chi connectivity index (χ1v) is 10.1. The third kappa shape index (κ3) is 3.27. The maximum absolute atomic E-state index is 9.68. The molecule has 3 aromatic heterocycles. The molecule has 138 valence electrons. The molecule has 0 radical (unpaired) electrons. The first kappa shape index (κ1) is 17.2. The minimum absolute atomic E-state index is 0.512. The van der Waals surface area contributed by atoms with Gasteiger partial charge in [0.15, 0.2) is 0 Å². The van der Waals surface area contributed by atoms with Crippen LogP contribution < -0.4 is 5.32 Å². The number of nitrogens with zero attached hydrogens (tertiary/aromatic N) is 2. The second kappa shape index (κ2) is 7.27. The lowest BCUT2D eigenvalue weighted by molar-refractivity contribution is 1.30. The predicted octanol–water partition coefficient (Wildman–Crippen LogP) is 6.57. The number of aromatic nitrogens is 2. The lowest BCUT2D eigenvalue weighted by Gasteiger charge is -2.14. The zero-order chi connectivity index (χ0) is 19.6. The average Bonchev–Trinajstić information content (AvgIpc) is 3.46. The zero-order valence-electron chi connectivity index (χ0n) is 15.4. The fourth-order valence-corrected chi connectivity index (χ4v) is 4.18. The number of pyridine rings is 1. The van der Waals surface area contributed by atoms with E-state index >= 15 is 0 Å². The van der Waals surface area contributed by atoms with Gasteiger partial charge >= 0.3 is 0 Å². The Kier molecular flexibility index (Phi) is 4.32. The van der Waals surface area contributed by atoms with Crippen molar-refractivity contribution in [1.82, 2.24) is 9.97 Å². The molecule has 5 heteroatoms. The molecule has 0 unspecified atom stereocenters. The van der Waals surface area contributed by atoms with Crippen LogP contribution in [-0.4, -0.2) is 9.97 Å². The van der Waals surface area contributed by atoms with Gasteiger partial charge in [-0.05, 0) is 52.9 Å². The van der Waals surface area contributed by atoms with Crippen molar-refractivity contribution < 1.29 is 0 Å². The van der Waals surface area contributed by atoms with E-state index in [1.54, 1.807) is 17.5 Å². The third-order valence-corrected chi connectivity index (χ3v) is 5.79. The molecule has 0 amide bonds. The molecule has 0 fully saturated rings. The predicted molar refractivity (Wildman–Crippen MR) is 119 cm³/mol. The Hall–Kier alpha value is -3.88. The van der Waals surface area contributed by atoms with Gasteiger partial charge in [0.1, 0.15) is 6.07 Å². The van der Waals surface area contributed by atoms with E-state index in [1.165, 1.54) is 4.88 Å². The summed E-state index contributed by atoms with van der Waals surface area (Å²) in [6, 6.07) is 22.9. The molecular weight excluding hydrogens is 376 g/mol. The van der Waals surface area contributed by atoms with E-state index in [-0.39, 0.29) is 0 Å². The van der Waals surface area contributed by atoms with E-state index < -0.39 is 0 Å². The van der Waals surface area contributed by atoms with Gasteiger partial charge in [0.25, 0.3) is 0 Å². The number of hydrogen-bond acceptors (Lipinski definition) is 4. The van der Waals surface area contributed by atoms with E-state index in [4.69, 9.17) is 0 Å². The Morgan fingerprint density at radius 3 is 2.76 bits per heavy atom. The Bertz CT molecular complexity index is 1340. The molecule has 2 N–H and O–H groups in total. The summed E-state index contributed by atoms with van der Waals surface area (Å²) in [5, 5.41) is 16.3. The molecule has 5 aromatic rings. The van der Waals surface area contributed by atoms with Gasteiger partial charge in [-0.1, -0.05) is 24.3 Å². The van der Waals surface area contributed by atoms with Gasteiger partial charge in [0.05, 0.1) is 11.3 Å². The molecule has 2 aromatic carbocycles. The van der Waals surface area contributed by atoms with E-state index in [0.29, 0.717) is 5.56 Å². The monoisotopic (exact) mass is 392 g/mol. The molecular formula is C24H16N4S. The zero-order valence-corrected chi connectivity index (χ0v) is 16.2. The highest BCUT2D eigenvalue weighted by Gasteiger charge is 2.13. The van der Waals surface area contributed by atoms with Gasteiger partial charge < -0.3 is 10.3 Å². The average molecular weight is 392 g/mol. The second-order valence-electron chi connectivity index (χ2n) is 6.68. The molecule has 0 spiro atoms. The molecule has 0 aliphatic carbocycles. The van der Waals surface area contributed by atoms with Gasteiger partial charge in [0.2, 0.25) is 0 Å². The smallest absolute Gasteiger partial charge is 0.103 e. The first-order valence-electron chi connectivity index (χ1n) is 9.18. The molecule has 0 aliphatic rings. The Balaban J connectivity index is 1.61. The van der Waals surface area contributed by atoms with E-state index in [2.05, 4.69) is 63.1 Å². The molecule has 0 saturated carbocycles. The number of anilines is 2. The summed E-state index contributed by atoms with van der Waals surface area (Å²) >= 11 is 1.71. The minimum Gasteiger partial charge on any atom is -0.361 e. The van der Waals surface area contributed by atoms with Crippen LogP contribution in [0.25, 0.3) is 32.5 Å². The largest absolute Gasteiger partial charge is 0.361 e. The maximum atomic E-state index is 9.68. The molecule has 0 saturated heterocycles. The fourth-order valence-electron chi connectivity index (χ4n) is 3.46. The number of fused-ring (bicyclic) bond motifs is 1. The van der Waals surface area contributed by atoms with Crippen LogP contribution in [0.1, 0.15) is 5.56 Å². The standard InChI is InChI=1S/C24H16N4S/c25-13-19-14-26-15-21(16-3-1-4-18(11-16)23-5-2-10-29-23)24(19)28-20-6-7-22-17(12-20)8-9-27-22/h1-12,14-15,27H,(H,26,28). The van der Waals surface area contributed by atoms with Crippen LogP contribution in [0, 0.1) is 11.3 Å². The summed E-state index contributed by atoms with van der Waals surface area (Å²) in [6.45, 7) is 0. The van der Waals surface area contributed by atoms with Crippen molar-refractivity contribution in [3.63, 3.8) is 0 Å². The SMILES string of the molecule is N#Cc1cncc(-c2cccc(-c3cccs3)c2)c1Nc1ccc2[nH]ccc2c1. The van der Waals surface area contributed by atoms with E-state index in [0.717, 1.165) is 39.0 Å². The van der Waals surface area contributed by atoms with Gasteiger partial charge in [0, 0.05) is 45.6 Å². The topological polar surface area (TPSA) is 64.5 Å². The minimum atomic E-state index is 0.512. The van der Waals surface area contributed by atoms with Crippen molar-refractivity contribution in [1.29, 1.82) is 5.26 Å². The lowest BCUT2D eigenvalue weighted by atomic mass is 10.0. The number of aromatic amines is 1. The highest BCUT2D eigenvalue weighted by Crippen LogP contribution is 2.35. The summed E-state index contributed by atoms with van der Waals surface area (Å²) in [5.41, 5.74) is 6.35. The molecule has 29 heavy (non-hydrogen) atoms. The number of H-pyrrole nitrogens is 1. The van der Waals surface area contributed by atoms with Crippen molar-refractivity contribution in [3.8, 4) is 27.6 Å². The van der Waals surface area contributed by atoms with Crippen LogP contribution in [0.15, 0.2) is 84.6 Å². The highest BCUT2D eigenvalue weighted by atomic mass is 32.1. The number of nitriles is 1. The summed E-state index contributed by atoms with van der Waals surface area (Å²) in [4.78, 5) is 8.72. The van der Waals surface area contributed by atoms with Crippen molar-refractivity contribution in [2.24, 2.45) is 0 Å². The Morgan fingerprint density at radius 2 is 1.90 bits per heavy atom. The number of hydrogen-bond donors (Lipinski definition) is 2. The number of nitrogens with one attached hydrogen (secondary N) is 2. The van der Waals surface area contributed by atoms with Crippen LogP contribution in [0.3, 0.4) is 0 Å². The number of thiophene rings is 1. The van der Waals surface area contributed by atoms with E-state index in [9.17, 15) is 5.26 Å². The van der Waals surface area contributed by atoms with Crippen molar-refractivity contribution in [2.75, 3.05) is 5.32 Å². The molecule has 0 atom stereocenters. The summed E-state index contributed by atoms with van der Waals surface area (Å²) in [6.07, 6.45) is 5.33. The van der Waals surface area contributed by atoms with Crippen LogP contribution in [0.4, 0.5) is 11.4 Å². The molecule has 4 nitrogen and oxygen atoms in total. The number of rotatable bonds is 4. The van der Waals surface area contributed by atoms with Gasteiger partial charge in [-0.3, -0.25) is 4.98 Å². The van der Waals surface area contributed by atoms with Gasteiger partial charge in [-0.2, -0.15) is 5.26 Å². The van der Waals surface area contributed by atoms with Crippen molar-refractivity contribution >= 4 is 33.6 Å². The quantitative estimate of drug-likeness (QED) is 0.363. The van der Waals surface area contributed by atoms with Crippen LogP contribution in [-0.2, 0) is 0 Å². The fraction of sp³-hybridized carbons (Fsp3) is 0.